The Morgan fingerprint density at radius 2 is 1.55 bits per heavy atom. The zero-order valence-corrected chi connectivity index (χ0v) is 27.5. The van der Waals surface area contributed by atoms with Gasteiger partial charge in [0.25, 0.3) is 0 Å². The second-order valence-corrected chi connectivity index (χ2v) is 10.6. The van der Waals surface area contributed by atoms with Crippen LogP contribution >= 0.6 is 0 Å². The number of carbonyl (C=O) groups is 2. The molecule has 2 aromatic carbocycles. The van der Waals surface area contributed by atoms with Crippen LogP contribution in [-0.2, 0) is 20.9 Å². The predicted molar refractivity (Wildman–Crippen MR) is 171 cm³/mol. The molecule has 1 saturated heterocycles. The van der Waals surface area contributed by atoms with Crippen LogP contribution < -0.4 is 25.0 Å². The van der Waals surface area contributed by atoms with Crippen molar-refractivity contribution in [2.45, 2.75) is 45.8 Å². The van der Waals surface area contributed by atoms with E-state index >= 15 is 4.39 Å². The molecule has 0 radical (unpaired) electrons. The number of nitrogens with zero attached hydrogens (tertiary/aromatic N) is 3. The lowest BCUT2D eigenvalue weighted by Crippen LogP contribution is -2.36. The standard InChI is InChI=1S/C28H34FN5O3.2C2HF3O2/c1-4-36-23-16-24(27(29)25(17-23)37-19(2)3)34(22-10-8-20(9-11-22)28(30)31)18-21-6-5-7-26(32-21)33-12-14-35-15-13-33;2*3-2(4,5)1(6)7/h5-11,16-17,19H,4,12-15,18H2,1-3H3,(H3,30,31);2*(H,6,7). The lowest BCUT2D eigenvalue weighted by molar-refractivity contribution is -0.193. The number of hydrogen-bond acceptors (Lipinski definition) is 9. The van der Waals surface area contributed by atoms with E-state index in [2.05, 4.69) is 4.90 Å². The van der Waals surface area contributed by atoms with Gasteiger partial charge in [-0.3, -0.25) is 5.41 Å². The molecule has 1 aliphatic heterocycles. The van der Waals surface area contributed by atoms with Crippen molar-refractivity contribution in [3.05, 3.63) is 71.7 Å². The maximum absolute atomic E-state index is 16.0. The van der Waals surface area contributed by atoms with Crippen molar-refractivity contribution >= 4 is 35.0 Å². The first kappa shape index (κ1) is 41.8. The Morgan fingerprint density at radius 1 is 1.00 bits per heavy atom. The first-order chi connectivity index (χ1) is 23.7. The number of ether oxygens (including phenoxy) is 3. The summed E-state index contributed by atoms with van der Waals surface area (Å²) in [6.07, 6.45) is -10.4. The molecule has 0 spiro atoms. The van der Waals surface area contributed by atoms with Gasteiger partial charge in [0.15, 0.2) is 11.6 Å². The third-order valence-electron chi connectivity index (χ3n) is 6.38. The lowest BCUT2D eigenvalue weighted by Gasteiger charge is -2.29. The molecule has 4 rings (SSSR count). The highest BCUT2D eigenvalue weighted by atomic mass is 19.4. The molecular formula is C32H36F7N5O7. The number of amidine groups is 1. The molecule has 0 atom stereocenters. The van der Waals surface area contributed by atoms with E-state index in [0.717, 1.165) is 24.6 Å². The number of benzene rings is 2. The zero-order valence-electron chi connectivity index (χ0n) is 27.5. The number of carboxylic acids is 2. The van der Waals surface area contributed by atoms with Gasteiger partial charge in [0.1, 0.15) is 17.4 Å². The largest absolute Gasteiger partial charge is 0.494 e. The van der Waals surface area contributed by atoms with Gasteiger partial charge in [0.05, 0.1) is 43.9 Å². The summed E-state index contributed by atoms with van der Waals surface area (Å²) in [5.74, 6) is -4.54. The van der Waals surface area contributed by atoms with E-state index in [-0.39, 0.29) is 17.7 Å². The van der Waals surface area contributed by atoms with Gasteiger partial charge >= 0.3 is 24.3 Å². The van der Waals surface area contributed by atoms with Gasteiger partial charge in [0, 0.05) is 36.5 Å². The molecular weight excluding hydrogens is 699 g/mol. The van der Waals surface area contributed by atoms with E-state index in [1.807, 2.05) is 56.0 Å². The molecule has 3 aromatic rings. The Bertz CT molecular complexity index is 1590. The summed E-state index contributed by atoms with van der Waals surface area (Å²) in [5.41, 5.74) is 8.03. The molecule has 280 valence electrons. The molecule has 5 N–H and O–H groups in total. The number of aromatic nitrogens is 1. The van der Waals surface area contributed by atoms with Crippen molar-refractivity contribution in [1.29, 1.82) is 5.41 Å². The van der Waals surface area contributed by atoms with Crippen LogP contribution in [0.2, 0.25) is 0 Å². The quantitative estimate of drug-likeness (QED) is 0.107. The Morgan fingerprint density at radius 3 is 2.02 bits per heavy atom. The Hall–Kier alpha value is -5.33. The monoisotopic (exact) mass is 735 g/mol. The normalized spacial score (nSPS) is 12.9. The lowest BCUT2D eigenvalue weighted by atomic mass is 10.1. The van der Waals surface area contributed by atoms with Crippen LogP contribution in [0.1, 0.15) is 32.0 Å². The maximum atomic E-state index is 16.0. The average Bonchev–Trinajstić information content (AvgIpc) is 3.05. The predicted octanol–water partition coefficient (Wildman–Crippen LogP) is 6.13. The molecule has 0 saturated carbocycles. The second kappa shape index (κ2) is 18.6. The minimum atomic E-state index is -5.08. The SMILES string of the molecule is CCOc1cc(OC(C)C)c(F)c(N(Cc2cccc(N3CCOCC3)n2)c2ccc(C(=N)N)cc2)c1.O=C(O)C(F)(F)F.O=C(O)C(F)(F)F. The third-order valence-corrected chi connectivity index (χ3v) is 6.38. The van der Waals surface area contributed by atoms with E-state index in [0.29, 0.717) is 49.1 Å². The van der Waals surface area contributed by atoms with Gasteiger partial charge in [-0.05, 0) is 57.2 Å². The fraction of sp³-hybridized carbons (Fsp3) is 0.375. The minimum absolute atomic E-state index is 0.0323. The summed E-state index contributed by atoms with van der Waals surface area (Å²) < 4.78 is 96.5. The fourth-order valence-corrected chi connectivity index (χ4v) is 4.17. The van der Waals surface area contributed by atoms with Crippen LogP contribution in [0.15, 0.2) is 54.6 Å². The fourth-order valence-electron chi connectivity index (χ4n) is 4.17. The highest BCUT2D eigenvalue weighted by Crippen LogP contribution is 2.38. The van der Waals surface area contributed by atoms with Crippen LogP contribution in [0.3, 0.4) is 0 Å². The second-order valence-electron chi connectivity index (χ2n) is 10.6. The van der Waals surface area contributed by atoms with Crippen molar-refractivity contribution in [3.8, 4) is 11.5 Å². The number of nitrogens with one attached hydrogen (secondary N) is 1. The molecule has 19 heteroatoms. The molecule has 51 heavy (non-hydrogen) atoms. The summed E-state index contributed by atoms with van der Waals surface area (Å²) in [7, 11) is 0. The number of nitrogen functional groups attached to an aromatic ring is 1. The highest BCUT2D eigenvalue weighted by Gasteiger charge is 2.39. The molecule has 2 heterocycles. The number of aliphatic carboxylic acids is 2. The number of hydrogen-bond donors (Lipinski definition) is 4. The number of pyridine rings is 1. The van der Waals surface area contributed by atoms with Crippen LogP contribution in [0, 0.1) is 11.2 Å². The van der Waals surface area contributed by atoms with Gasteiger partial charge in [-0.15, -0.1) is 0 Å². The summed E-state index contributed by atoms with van der Waals surface area (Å²) in [6.45, 7) is 9.18. The molecule has 0 aliphatic carbocycles. The summed E-state index contributed by atoms with van der Waals surface area (Å²) >= 11 is 0. The van der Waals surface area contributed by atoms with Gasteiger partial charge in [0.2, 0.25) is 0 Å². The smallest absolute Gasteiger partial charge is 0.490 e. The van der Waals surface area contributed by atoms with E-state index < -0.39 is 30.1 Å². The Labute approximate surface area is 287 Å². The topological polar surface area (TPSA) is 172 Å². The Balaban J connectivity index is 0.000000543. The number of alkyl halides is 6. The molecule has 12 nitrogen and oxygen atoms in total. The van der Waals surface area contributed by atoms with Crippen LogP contribution in [0.25, 0.3) is 0 Å². The van der Waals surface area contributed by atoms with E-state index in [4.69, 9.17) is 50.1 Å². The zero-order chi connectivity index (χ0) is 38.5. The molecule has 0 unspecified atom stereocenters. The van der Waals surface area contributed by atoms with Gasteiger partial charge in [-0.25, -0.2) is 19.0 Å². The van der Waals surface area contributed by atoms with E-state index in [1.165, 1.54) is 0 Å². The molecule has 0 bridgehead atoms. The van der Waals surface area contributed by atoms with Crippen molar-refractivity contribution in [1.82, 2.24) is 4.98 Å². The summed E-state index contributed by atoms with van der Waals surface area (Å²) in [6, 6.07) is 16.3. The Kier molecular flexibility index (Phi) is 15.3. The van der Waals surface area contributed by atoms with Crippen LogP contribution in [0.5, 0.6) is 11.5 Å². The summed E-state index contributed by atoms with van der Waals surface area (Å²) in [5, 5.41) is 22.0. The molecule has 1 aliphatic rings. The van der Waals surface area contributed by atoms with E-state index in [1.54, 1.807) is 24.3 Å². The van der Waals surface area contributed by atoms with Crippen LogP contribution in [0.4, 0.5) is 47.9 Å². The molecule has 1 fully saturated rings. The van der Waals surface area contributed by atoms with Crippen molar-refractivity contribution in [3.63, 3.8) is 0 Å². The average molecular weight is 736 g/mol. The first-order valence-electron chi connectivity index (χ1n) is 15.0. The third kappa shape index (κ3) is 13.5. The van der Waals surface area contributed by atoms with Gasteiger partial charge in [-0.2, -0.15) is 26.3 Å². The van der Waals surface area contributed by atoms with E-state index in [9.17, 15) is 26.3 Å². The molecule has 1 aromatic heterocycles. The first-order valence-corrected chi connectivity index (χ1v) is 15.0. The summed E-state index contributed by atoms with van der Waals surface area (Å²) in [4.78, 5) is 26.7. The number of rotatable bonds is 10. The number of nitrogens with two attached hydrogens (primary N) is 1. The van der Waals surface area contributed by atoms with Gasteiger partial charge in [-0.1, -0.05) is 6.07 Å². The van der Waals surface area contributed by atoms with Crippen molar-refractivity contribution in [2.75, 3.05) is 42.7 Å². The molecule has 0 amide bonds. The maximum Gasteiger partial charge on any atom is 0.490 e. The number of halogens is 7. The van der Waals surface area contributed by atoms with Crippen LogP contribution in [-0.4, -0.2) is 84.3 Å². The highest BCUT2D eigenvalue weighted by molar-refractivity contribution is 5.95. The number of anilines is 3. The number of carboxylic acid groups (broad SMARTS) is 2. The minimum Gasteiger partial charge on any atom is -0.494 e. The number of morpholine rings is 1. The van der Waals surface area contributed by atoms with Crippen molar-refractivity contribution < 1.29 is 64.7 Å². The van der Waals surface area contributed by atoms with Gasteiger partial charge < -0.3 is 40.0 Å². The van der Waals surface area contributed by atoms with Crippen molar-refractivity contribution in [2.24, 2.45) is 5.73 Å².